The van der Waals surface area contributed by atoms with E-state index in [2.05, 4.69) is 18.2 Å². The maximum atomic E-state index is 5.99. The molecule has 4 atom stereocenters. The van der Waals surface area contributed by atoms with E-state index in [9.17, 15) is 0 Å². The lowest BCUT2D eigenvalue weighted by atomic mass is 9.75. The molecule has 2 bridgehead atoms. The fourth-order valence-corrected chi connectivity index (χ4v) is 4.12. The van der Waals surface area contributed by atoms with Crippen molar-refractivity contribution in [3.63, 3.8) is 0 Å². The fraction of sp³-hybridized carbons (Fsp3) is 0.600. The first-order valence-electron chi connectivity index (χ1n) is 6.67. The van der Waals surface area contributed by atoms with Crippen molar-refractivity contribution < 1.29 is 4.74 Å². The molecule has 2 nitrogen and oxygen atoms in total. The van der Waals surface area contributed by atoms with Crippen LogP contribution in [0.4, 0.5) is 0 Å². The van der Waals surface area contributed by atoms with Crippen LogP contribution in [0.15, 0.2) is 24.3 Å². The van der Waals surface area contributed by atoms with Gasteiger partial charge in [0.2, 0.25) is 0 Å². The van der Waals surface area contributed by atoms with Gasteiger partial charge in [0.15, 0.2) is 0 Å². The highest BCUT2D eigenvalue weighted by Crippen LogP contribution is 2.56. The first-order chi connectivity index (χ1) is 8.33. The van der Waals surface area contributed by atoms with Crippen LogP contribution >= 0.6 is 0 Å². The predicted octanol–water partition coefficient (Wildman–Crippen LogP) is 2.78. The minimum absolute atomic E-state index is 0.675. The first kappa shape index (κ1) is 11.1. The molecule has 2 aliphatic rings. The third kappa shape index (κ3) is 1.75. The van der Waals surface area contributed by atoms with Crippen molar-refractivity contribution in [3.8, 4) is 5.75 Å². The Bertz CT molecular complexity index is 404. The normalized spacial score (nSPS) is 35.2. The number of methoxy groups -OCH3 is 1. The highest BCUT2D eigenvalue weighted by atomic mass is 16.5. The van der Waals surface area contributed by atoms with E-state index in [1.54, 1.807) is 7.11 Å². The molecule has 2 heteroatoms. The topological polar surface area (TPSA) is 35.2 Å². The molecule has 1 aromatic carbocycles. The summed E-state index contributed by atoms with van der Waals surface area (Å²) in [6.07, 6.45) is 4.18. The van der Waals surface area contributed by atoms with Crippen LogP contribution in [0.3, 0.4) is 0 Å². The molecule has 0 saturated heterocycles. The molecule has 2 N–H and O–H groups in total. The Kier molecular flexibility index (Phi) is 2.83. The molecule has 0 spiro atoms. The van der Waals surface area contributed by atoms with Crippen LogP contribution in [0.2, 0.25) is 0 Å². The number of hydrogen-bond donors (Lipinski definition) is 1. The van der Waals surface area contributed by atoms with E-state index in [0.717, 1.165) is 24.1 Å². The summed E-state index contributed by atoms with van der Waals surface area (Å²) in [4.78, 5) is 0. The Labute approximate surface area is 103 Å². The number of benzene rings is 1. The lowest BCUT2D eigenvalue weighted by Crippen LogP contribution is -2.27. The summed E-state index contributed by atoms with van der Waals surface area (Å²) < 4.78 is 5.33. The number of ether oxygens (including phenoxy) is 1. The second-order valence-corrected chi connectivity index (χ2v) is 5.54. The van der Waals surface area contributed by atoms with Gasteiger partial charge in [-0.15, -0.1) is 0 Å². The lowest BCUT2D eigenvalue weighted by Gasteiger charge is -2.30. The lowest BCUT2D eigenvalue weighted by molar-refractivity contribution is 0.294. The van der Waals surface area contributed by atoms with Gasteiger partial charge < -0.3 is 10.5 Å². The zero-order valence-corrected chi connectivity index (χ0v) is 10.4. The van der Waals surface area contributed by atoms with Crippen molar-refractivity contribution in [1.82, 2.24) is 0 Å². The number of fused-ring (bicyclic) bond motifs is 2. The molecule has 17 heavy (non-hydrogen) atoms. The van der Waals surface area contributed by atoms with E-state index >= 15 is 0 Å². The van der Waals surface area contributed by atoms with E-state index in [1.165, 1.54) is 24.8 Å². The van der Waals surface area contributed by atoms with Crippen molar-refractivity contribution in [2.24, 2.45) is 23.5 Å². The molecular formula is C15H21NO. The van der Waals surface area contributed by atoms with Crippen LogP contribution in [-0.2, 0) is 0 Å². The SMILES string of the molecule is COc1cccc([C@@H]2[C@H]3CC[C@H](C3)[C@H]2CN)c1. The van der Waals surface area contributed by atoms with Gasteiger partial charge in [0.1, 0.15) is 5.75 Å². The molecule has 92 valence electrons. The summed E-state index contributed by atoms with van der Waals surface area (Å²) in [5, 5.41) is 0. The standard InChI is InChI=1S/C15H21NO/c1-17-13-4-2-3-11(8-13)15-12-6-5-10(7-12)14(15)9-16/h2-4,8,10,12,14-15H,5-7,9,16H2,1H3/t10-,12+,14-,15-/m1/s1. The van der Waals surface area contributed by atoms with Gasteiger partial charge in [-0.1, -0.05) is 12.1 Å². The van der Waals surface area contributed by atoms with Crippen LogP contribution in [0.1, 0.15) is 30.7 Å². The second-order valence-electron chi connectivity index (χ2n) is 5.54. The van der Waals surface area contributed by atoms with Gasteiger partial charge in [0.05, 0.1) is 7.11 Å². The third-order valence-electron chi connectivity index (χ3n) is 4.84. The zero-order chi connectivity index (χ0) is 11.8. The highest BCUT2D eigenvalue weighted by Gasteiger charge is 2.47. The monoisotopic (exact) mass is 231 g/mol. The maximum Gasteiger partial charge on any atom is 0.119 e. The molecule has 0 amide bonds. The third-order valence-corrected chi connectivity index (χ3v) is 4.84. The summed E-state index contributed by atoms with van der Waals surface area (Å²) in [7, 11) is 1.74. The average molecular weight is 231 g/mol. The van der Waals surface area contributed by atoms with Gasteiger partial charge in [-0.25, -0.2) is 0 Å². The summed E-state index contributed by atoms with van der Waals surface area (Å²) in [6, 6.07) is 8.58. The molecule has 0 heterocycles. The van der Waals surface area contributed by atoms with Gasteiger partial charge >= 0.3 is 0 Å². The molecule has 0 aromatic heterocycles. The number of hydrogen-bond acceptors (Lipinski definition) is 2. The summed E-state index contributed by atoms with van der Waals surface area (Å²) in [5.74, 6) is 4.08. The van der Waals surface area contributed by atoms with E-state index in [1.807, 2.05) is 6.07 Å². The highest BCUT2D eigenvalue weighted by molar-refractivity contribution is 5.33. The Balaban J connectivity index is 1.92. The molecule has 0 unspecified atom stereocenters. The van der Waals surface area contributed by atoms with Crippen molar-refractivity contribution in [3.05, 3.63) is 29.8 Å². The molecule has 0 radical (unpaired) electrons. The minimum Gasteiger partial charge on any atom is -0.497 e. The maximum absolute atomic E-state index is 5.99. The van der Waals surface area contributed by atoms with Crippen molar-refractivity contribution >= 4 is 0 Å². The average Bonchev–Trinajstić information content (AvgIpc) is 2.98. The van der Waals surface area contributed by atoms with Crippen molar-refractivity contribution in [2.75, 3.05) is 13.7 Å². The van der Waals surface area contributed by atoms with Crippen LogP contribution in [0.25, 0.3) is 0 Å². The van der Waals surface area contributed by atoms with E-state index in [0.29, 0.717) is 11.8 Å². The largest absolute Gasteiger partial charge is 0.497 e. The molecule has 1 aromatic rings. The van der Waals surface area contributed by atoms with Gasteiger partial charge in [0.25, 0.3) is 0 Å². The van der Waals surface area contributed by atoms with E-state index < -0.39 is 0 Å². The molecule has 0 aliphatic heterocycles. The summed E-state index contributed by atoms with van der Waals surface area (Å²) in [5.41, 5.74) is 7.42. The predicted molar refractivity (Wildman–Crippen MR) is 69.1 cm³/mol. The first-order valence-corrected chi connectivity index (χ1v) is 6.67. The Morgan fingerprint density at radius 1 is 1.29 bits per heavy atom. The molecule has 2 saturated carbocycles. The van der Waals surface area contributed by atoms with Crippen LogP contribution in [-0.4, -0.2) is 13.7 Å². The van der Waals surface area contributed by atoms with Crippen LogP contribution in [0, 0.1) is 17.8 Å². The summed E-state index contributed by atoms with van der Waals surface area (Å²) in [6.45, 7) is 0.836. The smallest absolute Gasteiger partial charge is 0.119 e. The molecule has 2 fully saturated rings. The van der Waals surface area contributed by atoms with Crippen LogP contribution < -0.4 is 10.5 Å². The minimum atomic E-state index is 0.675. The summed E-state index contributed by atoms with van der Waals surface area (Å²) >= 11 is 0. The van der Waals surface area contributed by atoms with E-state index in [-0.39, 0.29) is 0 Å². The second kappa shape index (κ2) is 4.34. The Morgan fingerprint density at radius 3 is 2.88 bits per heavy atom. The quantitative estimate of drug-likeness (QED) is 0.868. The molecular weight excluding hydrogens is 210 g/mol. The number of nitrogens with two attached hydrogens (primary N) is 1. The zero-order valence-electron chi connectivity index (χ0n) is 10.4. The van der Waals surface area contributed by atoms with Gasteiger partial charge in [0, 0.05) is 0 Å². The Morgan fingerprint density at radius 2 is 2.12 bits per heavy atom. The van der Waals surface area contributed by atoms with Gasteiger partial charge in [-0.05, 0) is 67.2 Å². The molecule has 3 rings (SSSR count). The number of rotatable bonds is 3. The molecule has 2 aliphatic carbocycles. The van der Waals surface area contributed by atoms with Gasteiger partial charge in [-0.3, -0.25) is 0 Å². The van der Waals surface area contributed by atoms with Gasteiger partial charge in [-0.2, -0.15) is 0 Å². The van der Waals surface area contributed by atoms with E-state index in [4.69, 9.17) is 10.5 Å². The van der Waals surface area contributed by atoms with Crippen molar-refractivity contribution in [1.29, 1.82) is 0 Å². The Hall–Kier alpha value is -1.02. The van der Waals surface area contributed by atoms with Crippen LogP contribution in [0.5, 0.6) is 5.75 Å². The van der Waals surface area contributed by atoms with Crippen molar-refractivity contribution in [2.45, 2.75) is 25.2 Å². The fourth-order valence-electron chi connectivity index (χ4n) is 4.12.